The van der Waals surface area contributed by atoms with Crippen molar-refractivity contribution >= 4 is 17.0 Å². The zero-order valence-corrected chi connectivity index (χ0v) is 13.6. The van der Waals surface area contributed by atoms with E-state index in [9.17, 15) is 4.79 Å². The lowest BCUT2D eigenvalue weighted by atomic mass is 10.1. The quantitative estimate of drug-likeness (QED) is 0.725. The summed E-state index contributed by atoms with van der Waals surface area (Å²) < 4.78 is 11.0. The number of carbonyl (C=O) groups is 1. The first-order chi connectivity index (χ1) is 11.7. The van der Waals surface area contributed by atoms with Crippen LogP contribution in [0.4, 0.5) is 0 Å². The Hall–Kier alpha value is -2.82. The highest BCUT2D eigenvalue weighted by atomic mass is 16.5. The number of carbonyl (C=O) groups excluding carboxylic acids is 1. The van der Waals surface area contributed by atoms with E-state index in [4.69, 9.17) is 9.15 Å². The maximum absolute atomic E-state index is 12.0. The number of para-hydroxylation sites is 2. The number of amides is 1. The molecule has 0 saturated carbocycles. The van der Waals surface area contributed by atoms with E-state index < -0.39 is 0 Å². The summed E-state index contributed by atoms with van der Waals surface area (Å²) in [5.41, 5.74) is 2.57. The van der Waals surface area contributed by atoms with Crippen LogP contribution in [-0.4, -0.2) is 24.0 Å². The van der Waals surface area contributed by atoms with Crippen molar-refractivity contribution in [2.24, 2.45) is 0 Å². The second kappa shape index (κ2) is 7.64. The molecule has 0 aliphatic carbocycles. The Morgan fingerprint density at radius 1 is 1.17 bits per heavy atom. The highest BCUT2D eigenvalue weighted by Gasteiger charge is 2.07. The maximum atomic E-state index is 12.0. The SMILES string of the molecule is CCOc1ccc(CC(=O)NCCc2nc3ccccc3o2)cc1. The molecule has 0 atom stereocenters. The number of ether oxygens (including phenoxy) is 1. The Labute approximate surface area is 140 Å². The minimum Gasteiger partial charge on any atom is -0.494 e. The first kappa shape index (κ1) is 16.1. The van der Waals surface area contributed by atoms with Crippen LogP contribution in [0.5, 0.6) is 5.75 Å². The van der Waals surface area contributed by atoms with Crippen molar-refractivity contribution in [3.63, 3.8) is 0 Å². The van der Waals surface area contributed by atoms with Crippen LogP contribution >= 0.6 is 0 Å². The Kier molecular flexibility index (Phi) is 5.11. The zero-order chi connectivity index (χ0) is 16.8. The summed E-state index contributed by atoms with van der Waals surface area (Å²) >= 11 is 0. The lowest BCUT2D eigenvalue weighted by molar-refractivity contribution is -0.120. The molecule has 3 rings (SSSR count). The summed E-state index contributed by atoms with van der Waals surface area (Å²) in [6.45, 7) is 3.08. The molecule has 5 heteroatoms. The van der Waals surface area contributed by atoms with Crippen molar-refractivity contribution in [1.82, 2.24) is 10.3 Å². The molecule has 0 aliphatic rings. The van der Waals surface area contributed by atoms with E-state index in [-0.39, 0.29) is 5.91 Å². The fourth-order valence-corrected chi connectivity index (χ4v) is 2.45. The third-order valence-electron chi connectivity index (χ3n) is 3.60. The monoisotopic (exact) mass is 324 g/mol. The Bertz CT molecular complexity index is 776. The smallest absolute Gasteiger partial charge is 0.224 e. The lowest BCUT2D eigenvalue weighted by Gasteiger charge is -2.06. The van der Waals surface area contributed by atoms with E-state index in [0.29, 0.717) is 31.9 Å². The van der Waals surface area contributed by atoms with Gasteiger partial charge in [-0.05, 0) is 36.8 Å². The third-order valence-corrected chi connectivity index (χ3v) is 3.60. The van der Waals surface area contributed by atoms with E-state index in [1.54, 1.807) is 0 Å². The van der Waals surface area contributed by atoms with E-state index in [1.807, 2.05) is 55.5 Å². The summed E-state index contributed by atoms with van der Waals surface area (Å²) in [4.78, 5) is 16.4. The van der Waals surface area contributed by atoms with Gasteiger partial charge < -0.3 is 14.5 Å². The van der Waals surface area contributed by atoms with Crippen molar-refractivity contribution in [1.29, 1.82) is 0 Å². The largest absolute Gasteiger partial charge is 0.494 e. The number of nitrogens with zero attached hydrogens (tertiary/aromatic N) is 1. The van der Waals surface area contributed by atoms with Crippen LogP contribution in [0, 0.1) is 0 Å². The van der Waals surface area contributed by atoms with Gasteiger partial charge in [0.25, 0.3) is 0 Å². The first-order valence-corrected chi connectivity index (χ1v) is 8.07. The summed E-state index contributed by atoms with van der Waals surface area (Å²) in [7, 11) is 0. The van der Waals surface area contributed by atoms with E-state index in [0.717, 1.165) is 22.4 Å². The molecule has 2 aromatic carbocycles. The molecule has 0 aliphatic heterocycles. The number of oxazole rings is 1. The van der Waals surface area contributed by atoms with Gasteiger partial charge in [0.05, 0.1) is 13.0 Å². The molecule has 1 N–H and O–H groups in total. The van der Waals surface area contributed by atoms with Crippen LogP contribution in [0.15, 0.2) is 52.9 Å². The van der Waals surface area contributed by atoms with Gasteiger partial charge in [0.2, 0.25) is 5.91 Å². The highest BCUT2D eigenvalue weighted by Crippen LogP contribution is 2.15. The molecular weight excluding hydrogens is 304 g/mol. The minimum absolute atomic E-state index is 0.0183. The number of benzene rings is 2. The molecule has 0 saturated heterocycles. The molecule has 24 heavy (non-hydrogen) atoms. The van der Waals surface area contributed by atoms with Crippen LogP contribution in [0.1, 0.15) is 18.4 Å². The van der Waals surface area contributed by atoms with E-state index in [1.165, 1.54) is 0 Å². The first-order valence-electron chi connectivity index (χ1n) is 8.07. The number of nitrogens with one attached hydrogen (secondary N) is 1. The van der Waals surface area contributed by atoms with Crippen molar-refractivity contribution in [2.45, 2.75) is 19.8 Å². The predicted octanol–water partition coefficient (Wildman–Crippen LogP) is 3.13. The number of hydrogen-bond acceptors (Lipinski definition) is 4. The van der Waals surface area contributed by atoms with Gasteiger partial charge >= 0.3 is 0 Å². The Balaban J connectivity index is 1.46. The molecule has 1 aromatic heterocycles. The minimum atomic E-state index is -0.0183. The van der Waals surface area contributed by atoms with Gasteiger partial charge in [-0.2, -0.15) is 0 Å². The Morgan fingerprint density at radius 2 is 1.96 bits per heavy atom. The number of rotatable bonds is 7. The van der Waals surface area contributed by atoms with Crippen molar-refractivity contribution in [2.75, 3.05) is 13.2 Å². The van der Waals surface area contributed by atoms with Gasteiger partial charge in [-0.15, -0.1) is 0 Å². The highest BCUT2D eigenvalue weighted by molar-refractivity contribution is 5.78. The van der Waals surface area contributed by atoms with E-state index >= 15 is 0 Å². The average molecular weight is 324 g/mol. The summed E-state index contributed by atoms with van der Waals surface area (Å²) in [6.07, 6.45) is 0.920. The lowest BCUT2D eigenvalue weighted by Crippen LogP contribution is -2.27. The van der Waals surface area contributed by atoms with E-state index in [2.05, 4.69) is 10.3 Å². The van der Waals surface area contributed by atoms with Crippen molar-refractivity contribution in [3.8, 4) is 5.75 Å². The van der Waals surface area contributed by atoms with Crippen LogP contribution in [0.3, 0.4) is 0 Å². The molecule has 1 heterocycles. The molecular formula is C19H20N2O3. The Morgan fingerprint density at radius 3 is 2.71 bits per heavy atom. The van der Waals surface area contributed by atoms with Crippen LogP contribution in [0.2, 0.25) is 0 Å². The summed E-state index contributed by atoms with van der Waals surface area (Å²) in [6, 6.07) is 15.2. The van der Waals surface area contributed by atoms with Crippen LogP contribution < -0.4 is 10.1 Å². The average Bonchev–Trinajstić information content (AvgIpc) is 2.99. The summed E-state index contributed by atoms with van der Waals surface area (Å²) in [5, 5.41) is 2.89. The van der Waals surface area contributed by atoms with Crippen molar-refractivity contribution < 1.29 is 13.9 Å². The molecule has 0 spiro atoms. The second-order valence-electron chi connectivity index (χ2n) is 5.43. The molecule has 5 nitrogen and oxygen atoms in total. The fourth-order valence-electron chi connectivity index (χ4n) is 2.45. The number of hydrogen-bond donors (Lipinski definition) is 1. The molecule has 3 aromatic rings. The zero-order valence-electron chi connectivity index (χ0n) is 13.6. The standard InChI is InChI=1S/C19H20N2O3/c1-2-23-15-9-7-14(8-10-15)13-18(22)20-12-11-19-21-16-5-3-4-6-17(16)24-19/h3-10H,2,11-13H2,1H3,(H,20,22). The molecule has 1 amide bonds. The van der Waals surface area contributed by atoms with Crippen LogP contribution in [-0.2, 0) is 17.6 Å². The van der Waals surface area contributed by atoms with Gasteiger partial charge in [0.1, 0.15) is 11.3 Å². The summed E-state index contributed by atoms with van der Waals surface area (Å²) in [5.74, 6) is 1.44. The molecule has 124 valence electrons. The normalized spacial score (nSPS) is 10.7. The second-order valence-corrected chi connectivity index (χ2v) is 5.43. The maximum Gasteiger partial charge on any atom is 0.224 e. The van der Waals surface area contributed by atoms with Crippen LogP contribution in [0.25, 0.3) is 11.1 Å². The topological polar surface area (TPSA) is 64.4 Å². The third kappa shape index (κ3) is 4.13. The van der Waals surface area contributed by atoms with Gasteiger partial charge in [-0.1, -0.05) is 24.3 Å². The fraction of sp³-hybridized carbons (Fsp3) is 0.263. The van der Waals surface area contributed by atoms with Gasteiger partial charge in [-0.25, -0.2) is 4.98 Å². The number of fused-ring (bicyclic) bond motifs is 1. The van der Waals surface area contributed by atoms with Gasteiger partial charge in [0, 0.05) is 13.0 Å². The molecule has 0 radical (unpaired) electrons. The van der Waals surface area contributed by atoms with Crippen molar-refractivity contribution in [3.05, 3.63) is 60.0 Å². The molecule has 0 bridgehead atoms. The van der Waals surface area contributed by atoms with Gasteiger partial charge in [0.15, 0.2) is 11.5 Å². The van der Waals surface area contributed by atoms with Gasteiger partial charge in [-0.3, -0.25) is 4.79 Å². The molecule has 0 unspecified atom stereocenters. The predicted molar refractivity (Wildman–Crippen MR) is 92.0 cm³/mol. The number of aromatic nitrogens is 1. The molecule has 0 fully saturated rings.